The highest BCUT2D eigenvalue weighted by Crippen LogP contribution is 2.30. The molecule has 0 aliphatic heterocycles. The fourth-order valence-electron chi connectivity index (χ4n) is 2.68. The van der Waals surface area contributed by atoms with Crippen molar-refractivity contribution in [2.45, 2.75) is 0 Å². The molecule has 6 heteroatoms. The molecule has 0 aliphatic rings. The monoisotopic (exact) mass is 394 g/mol. The maximum atomic E-state index is 12.2. The van der Waals surface area contributed by atoms with Gasteiger partial charge in [-0.25, -0.2) is 0 Å². The van der Waals surface area contributed by atoms with Gasteiger partial charge in [-0.2, -0.15) is 0 Å². The number of hydrogen-bond acceptors (Lipinski definition) is 3. The molecule has 0 aromatic heterocycles. The predicted molar refractivity (Wildman–Crippen MR) is 111 cm³/mol. The lowest BCUT2D eigenvalue weighted by atomic mass is 10.1. The zero-order valence-corrected chi connectivity index (χ0v) is 16.0. The highest BCUT2D eigenvalue weighted by Gasteiger charge is 2.13. The number of hydrogen-bond donors (Lipinski definition) is 2. The third kappa shape index (κ3) is 4.69. The third-order valence-corrected chi connectivity index (χ3v) is 4.37. The van der Waals surface area contributed by atoms with Crippen LogP contribution in [0.4, 0.5) is 5.69 Å². The molecule has 0 atom stereocenters. The van der Waals surface area contributed by atoms with Crippen LogP contribution in [-0.4, -0.2) is 25.5 Å². The Kier molecular flexibility index (Phi) is 6.29. The second-order valence-electron chi connectivity index (χ2n) is 5.97. The average Bonchev–Trinajstić information content (AvgIpc) is 2.73. The first-order valence-electron chi connectivity index (χ1n) is 8.67. The number of anilines is 1. The lowest BCUT2D eigenvalue weighted by Gasteiger charge is -2.12. The molecule has 3 aromatic rings. The minimum Gasteiger partial charge on any atom is -0.482 e. The smallest absolute Gasteiger partial charge is 0.262 e. The average molecular weight is 395 g/mol. The van der Waals surface area contributed by atoms with Gasteiger partial charge in [-0.15, -0.1) is 0 Å². The zero-order chi connectivity index (χ0) is 19.9. The summed E-state index contributed by atoms with van der Waals surface area (Å²) in [6, 6.07) is 22.0. The standard InChI is InChI=1S/C22H19ClN2O3/c1-24-22(27)17-9-5-6-10-19(17)25-21(26)14-28-20-12-11-16(13-18(20)23)15-7-3-2-4-8-15/h2-13H,14H2,1H3,(H,24,27)(H,25,26). The Balaban J connectivity index is 1.65. The molecule has 0 spiro atoms. The number of rotatable bonds is 6. The van der Waals surface area contributed by atoms with Gasteiger partial charge in [0.25, 0.3) is 11.8 Å². The number of benzene rings is 3. The zero-order valence-electron chi connectivity index (χ0n) is 15.2. The Labute approximate surface area is 168 Å². The molecular weight excluding hydrogens is 376 g/mol. The van der Waals surface area contributed by atoms with Crippen molar-refractivity contribution in [3.8, 4) is 16.9 Å². The van der Waals surface area contributed by atoms with Crippen LogP contribution in [0, 0.1) is 0 Å². The molecule has 142 valence electrons. The Hall–Kier alpha value is -3.31. The summed E-state index contributed by atoms with van der Waals surface area (Å²) in [6.45, 7) is -0.230. The molecule has 0 saturated heterocycles. The van der Waals surface area contributed by atoms with E-state index in [4.69, 9.17) is 16.3 Å². The molecule has 0 radical (unpaired) electrons. The van der Waals surface area contributed by atoms with Gasteiger partial charge in [0.1, 0.15) is 5.75 Å². The van der Waals surface area contributed by atoms with Gasteiger partial charge in [0, 0.05) is 7.05 Å². The van der Waals surface area contributed by atoms with Gasteiger partial charge in [-0.3, -0.25) is 9.59 Å². The minimum absolute atomic E-state index is 0.230. The van der Waals surface area contributed by atoms with E-state index in [0.29, 0.717) is 22.0 Å². The quantitative estimate of drug-likeness (QED) is 0.651. The summed E-state index contributed by atoms with van der Waals surface area (Å²) in [5.74, 6) is -0.257. The summed E-state index contributed by atoms with van der Waals surface area (Å²) in [7, 11) is 1.53. The Morgan fingerprint density at radius 1 is 0.929 bits per heavy atom. The van der Waals surface area contributed by atoms with Crippen molar-refractivity contribution in [3.63, 3.8) is 0 Å². The van der Waals surface area contributed by atoms with E-state index in [0.717, 1.165) is 11.1 Å². The van der Waals surface area contributed by atoms with Crippen LogP contribution < -0.4 is 15.4 Å². The molecule has 3 rings (SSSR count). The summed E-state index contributed by atoms with van der Waals surface area (Å²) in [4.78, 5) is 24.1. The van der Waals surface area contributed by atoms with Crippen LogP contribution in [0.25, 0.3) is 11.1 Å². The molecule has 0 saturated carbocycles. The second kappa shape index (κ2) is 9.06. The van der Waals surface area contributed by atoms with Gasteiger partial charge < -0.3 is 15.4 Å². The first-order valence-corrected chi connectivity index (χ1v) is 9.05. The van der Waals surface area contributed by atoms with Gasteiger partial charge in [-0.05, 0) is 35.4 Å². The van der Waals surface area contributed by atoms with Crippen molar-refractivity contribution < 1.29 is 14.3 Å². The molecule has 0 fully saturated rings. The molecule has 28 heavy (non-hydrogen) atoms. The molecule has 0 heterocycles. The van der Waals surface area contributed by atoms with Crippen molar-refractivity contribution in [2.24, 2.45) is 0 Å². The van der Waals surface area contributed by atoms with E-state index in [1.54, 1.807) is 36.4 Å². The highest BCUT2D eigenvalue weighted by atomic mass is 35.5. The summed E-state index contributed by atoms with van der Waals surface area (Å²) in [5.41, 5.74) is 2.80. The summed E-state index contributed by atoms with van der Waals surface area (Å²) >= 11 is 6.30. The van der Waals surface area contributed by atoms with Crippen LogP contribution in [0.3, 0.4) is 0 Å². The van der Waals surface area contributed by atoms with E-state index in [1.165, 1.54) is 7.05 Å². The summed E-state index contributed by atoms with van der Waals surface area (Å²) in [5, 5.41) is 5.64. The maximum Gasteiger partial charge on any atom is 0.262 e. The lowest BCUT2D eigenvalue weighted by Crippen LogP contribution is -2.24. The van der Waals surface area contributed by atoms with Crippen LogP contribution in [0.1, 0.15) is 10.4 Å². The van der Waals surface area contributed by atoms with E-state index in [-0.39, 0.29) is 18.4 Å². The fourth-order valence-corrected chi connectivity index (χ4v) is 2.92. The first-order chi connectivity index (χ1) is 13.6. The second-order valence-corrected chi connectivity index (χ2v) is 6.38. The van der Waals surface area contributed by atoms with Crippen molar-refractivity contribution in [1.29, 1.82) is 0 Å². The molecule has 0 unspecified atom stereocenters. The highest BCUT2D eigenvalue weighted by molar-refractivity contribution is 6.32. The number of ether oxygens (including phenoxy) is 1. The molecule has 3 aromatic carbocycles. The Morgan fingerprint density at radius 3 is 2.36 bits per heavy atom. The van der Waals surface area contributed by atoms with Crippen LogP contribution >= 0.6 is 11.6 Å². The number of carbonyl (C=O) groups excluding carboxylic acids is 2. The Morgan fingerprint density at radius 2 is 1.64 bits per heavy atom. The van der Waals surface area contributed by atoms with E-state index < -0.39 is 0 Å². The molecule has 5 nitrogen and oxygen atoms in total. The topological polar surface area (TPSA) is 67.4 Å². The van der Waals surface area contributed by atoms with Gasteiger partial charge in [0.2, 0.25) is 0 Å². The minimum atomic E-state index is -0.389. The SMILES string of the molecule is CNC(=O)c1ccccc1NC(=O)COc1ccc(-c2ccccc2)cc1Cl. The van der Waals surface area contributed by atoms with E-state index >= 15 is 0 Å². The van der Waals surface area contributed by atoms with Crippen LogP contribution in [0.5, 0.6) is 5.75 Å². The van der Waals surface area contributed by atoms with Gasteiger partial charge in [-0.1, -0.05) is 60.1 Å². The van der Waals surface area contributed by atoms with Crippen molar-refractivity contribution in [2.75, 3.05) is 19.0 Å². The van der Waals surface area contributed by atoms with E-state index in [1.807, 2.05) is 36.4 Å². The molecule has 2 N–H and O–H groups in total. The van der Waals surface area contributed by atoms with Crippen molar-refractivity contribution >= 4 is 29.1 Å². The molecule has 0 aliphatic carbocycles. The number of para-hydroxylation sites is 1. The van der Waals surface area contributed by atoms with Crippen LogP contribution in [-0.2, 0) is 4.79 Å². The van der Waals surface area contributed by atoms with Crippen molar-refractivity contribution in [1.82, 2.24) is 5.32 Å². The number of amides is 2. The summed E-state index contributed by atoms with van der Waals surface area (Å²) in [6.07, 6.45) is 0. The molecular formula is C22H19ClN2O3. The largest absolute Gasteiger partial charge is 0.482 e. The van der Waals surface area contributed by atoms with Gasteiger partial charge in [0.05, 0.1) is 16.3 Å². The molecule has 0 bridgehead atoms. The van der Waals surface area contributed by atoms with E-state index in [9.17, 15) is 9.59 Å². The van der Waals surface area contributed by atoms with Crippen molar-refractivity contribution in [3.05, 3.63) is 83.4 Å². The van der Waals surface area contributed by atoms with Crippen LogP contribution in [0.15, 0.2) is 72.8 Å². The van der Waals surface area contributed by atoms with E-state index in [2.05, 4.69) is 10.6 Å². The van der Waals surface area contributed by atoms with Gasteiger partial charge >= 0.3 is 0 Å². The van der Waals surface area contributed by atoms with Gasteiger partial charge in [0.15, 0.2) is 6.61 Å². The summed E-state index contributed by atoms with van der Waals surface area (Å²) < 4.78 is 5.54. The number of nitrogens with one attached hydrogen (secondary N) is 2. The number of carbonyl (C=O) groups is 2. The normalized spacial score (nSPS) is 10.2. The first kappa shape index (κ1) is 19.5. The Bertz CT molecular complexity index is 990. The predicted octanol–water partition coefficient (Wildman–Crippen LogP) is 4.38. The van der Waals surface area contributed by atoms with Crippen LogP contribution in [0.2, 0.25) is 5.02 Å². The number of halogens is 1. The maximum absolute atomic E-state index is 12.2. The lowest BCUT2D eigenvalue weighted by molar-refractivity contribution is -0.118. The molecule has 2 amide bonds. The third-order valence-electron chi connectivity index (χ3n) is 4.07. The fraction of sp³-hybridized carbons (Fsp3) is 0.0909.